The Balaban J connectivity index is 2.84. The van der Waals surface area contributed by atoms with Crippen molar-refractivity contribution in [1.29, 1.82) is 0 Å². The fourth-order valence-electron chi connectivity index (χ4n) is 0.936. The van der Waals surface area contributed by atoms with Gasteiger partial charge in [-0.25, -0.2) is 0 Å². The molecule has 1 aromatic rings. The topological polar surface area (TPSA) is 48.0 Å². The third-order valence-electron chi connectivity index (χ3n) is 1.58. The van der Waals surface area contributed by atoms with E-state index in [4.69, 9.17) is 5.73 Å². The molecule has 0 aromatic carbocycles. The Bertz CT molecular complexity index is 357. The summed E-state index contributed by atoms with van der Waals surface area (Å²) in [6, 6.07) is 3.55. The molecule has 0 radical (unpaired) electrons. The zero-order chi connectivity index (χ0) is 9.68. The number of aromatic nitrogens is 1. The molecule has 0 saturated carbocycles. The standard InChI is InChI=1S/C9H11BrN2O/c10-8-4-3-7-12(9(8)13)6-2-1-5-11/h1-4,7H,5-6,11H2/b2-1+. The molecule has 70 valence electrons. The quantitative estimate of drug-likeness (QED) is 0.809. The number of rotatable bonds is 3. The van der Waals surface area contributed by atoms with Gasteiger partial charge in [0.15, 0.2) is 0 Å². The second kappa shape index (κ2) is 4.99. The SMILES string of the molecule is NC/C=C/Cn1cccc(Br)c1=O. The van der Waals surface area contributed by atoms with E-state index in [0.29, 0.717) is 17.6 Å². The molecule has 0 bridgehead atoms. The maximum atomic E-state index is 11.4. The third-order valence-corrected chi connectivity index (χ3v) is 2.18. The van der Waals surface area contributed by atoms with Crippen LogP contribution in [0.4, 0.5) is 0 Å². The van der Waals surface area contributed by atoms with Gasteiger partial charge in [0, 0.05) is 19.3 Å². The maximum absolute atomic E-state index is 11.4. The van der Waals surface area contributed by atoms with E-state index in [2.05, 4.69) is 15.9 Å². The van der Waals surface area contributed by atoms with Crippen LogP contribution in [-0.2, 0) is 6.54 Å². The van der Waals surface area contributed by atoms with Crippen molar-refractivity contribution in [2.75, 3.05) is 6.54 Å². The van der Waals surface area contributed by atoms with Gasteiger partial charge in [0.2, 0.25) is 0 Å². The Morgan fingerprint density at radius 2 is 2.31 bits per heavy atom. The molecule has 0 aliphatic heterocycles. The Morgan fingerprint density at radius 3 is 3.00 bits per heavy atom. The summed E-state index contributed by atoms with van der Waals surface area (Å²) in [5.41, 5.74) is 5.25. The van der Waals surface area contributed by atoms with E-state index in [-0.39, 0.29) is 5.56 Å². The average molecular weight is 243 g/mol. The van der Waals surface area contributed by atoms with Crippen molar-refractivity contribution in [1.82, 2.24) is 4.57 Å². The lowest BCUT2D eigenvalue weighted by molar-refractivity contribution is 0.772. The zero-order valence-electron chi connectivity index (χ0n) is 7.11. The first-order valence-corrected chi connectivity index (χ1v) is 4.75. The molecule has 0 saturated heterocycles. The molecule has 3 nitrogen and oxygen atoms in total. The van der Waals surface area contributed by atoms with Crippen LogP contribution in [0.5, 0.6) is 0 Å². The molecular weight excluding hydrogens is 232 g/mol. The van der Waals surface area contributed by atoms with Gasteiger partial charge in [0.1, 0.15) is 0 Å². The van der Waals surface area contributed by atoms with Gasteiger partial charge >= 0.3 is 0 Å². The van der Waals surface area contributed by atoms with Crippen LogP contribution in [0.25, 0.3) is 0 Å². The lowest BCUT2D eigenvalue weighted by Crippen LogP contribution is -2.18. The minimum Gasteiger partial charge on any atom is -0.327 e. The number of hydrogen-bond donors (Lipinski definition) is 1. The highest BCUT2D eigenvalue weighted by molar-refractivity contribution is 9.10. The Hall–Kier alpha value is -0.870. The highest BCUT2D eigenvalue weighted by Crippen LogP contribution is 2.00. The van der Waals surface area contributed by atoms with Crippen molar-refractivity contribution in [3.8, 4) is 0 Å². The van der Waals surface area contributed by atoms with Crippen molar-refractivity contribution in [3.63, 3.8) is 0 Å². The fourth-order valence-corrected chi connectivity index (χ4v) is 1.32. The number of hydrogen-bond acceptors (Lipinski definition) is 2. The number of allylic oxidation sites excluding steroid dienone is 1. The van der Waals surface area contributed by atoms with Crippen LogP contribution in [0, 0.1) is 0 Å². The first-order chi connectivity index (χ1) is 6.25. The maximum Gasteiger partial charge on any atom is 0.265 e. The molecular formula is C9H11BrN2O. The smallest absolute Gasteiger partial charge is 0.265 e. The highest BCUT2D eigenvalue weighted by atomic mass is 79.9. The summed E-state index contributed by atoms with van der Waals surface area (Å²) in [6.45, 7) is 1.07. The first kappa shape index (κ1) is 10.2. The lowest BCUT2D eigenvalue weighted by atomic mass is 10.4. The van der Waals surface area contributed by atoms with Gasteiger partial charge in [0.25, 0.3) is 5.56 Å². The van der Waals surface area contributed by atoms with Crippen molar-refractivity contribution in [2.24, 2.45) is 5.73 Å². The van der Waals surface area contributed by atoms with Crippen molar-refractivity contribution in [2.45, 2.75) is 6.54 Å². The van der Waals surface area contributed by atoms with E-state index in [9.17, 15) is 4.79 Å². The van der Waals surface area contributed by atoms with Crippen molar-refractivity contribution >= 4 is 15.9 Å². The lowest BCUT2D eigenvalue weighted by Gasteiger charge is -2.00. The molecule has 0 atom stereocenters. The normalized spacial score (nSPS) is 10.9. The molecule has 4 heteroatoms. The highest BCUT2D eigenvalue weighted by Gasteiger charge is 1.96. The van der Waals surface area contributed by atoms with Crippen LogP contribution in [-0.4, -0.2) is 11.1 Å². The summed E-state index contributed by atoms with van der Waals surface area (Å²) in [7, 11) is 0. The van der Waals surface area contributed by atoms with Crippen molar-refractivity contribution < 1.29 is 0 Å². The van der Waals surface area contributed by atoms with E-state index in [1.807, 2.05) is 18.2 Å². The van der Waals surface area contributed by atoms with Gasteiger partial charge in [-0.15, -0.1) is 0 Å². The van der Waals surface area contributed by atoms with E-state index in [0.717, 1.165) is 0 Å². The van der Waals surface area contributed by atoms with Crippen LogP contribution in [0.15, 0.2) is 39.7 Å². The monoisotopic (exact) mass is 242 g/mol. The van der Waals surface area contributed by atoms with E-state index in [1.54, 1.807) is 16.8 Å². The first-order valence-electron chi connectivity index (χ1n) is 3.95. The largest absolute Gasteiger partial charge is 0.327 e. The van der Waals surface area contributed by atoms with Gasteiger partial charge in [-0.2, -0.15) is 0 Å². The average Bonchev–Trinajstić information content (AvgIpc) is 2.13. The van der Waals surface area contributed by atoms with Gasteiger partial charge < -0.3 is 10.3 Å². The third kappa shape index (κ3) is 2.82. The van der Waals surface area contributed by atoms with Crippen LogP contribution >= 0.6 is 15.9 Å². The van der Waals surface area contributed by atoms with Gasteiger partial charge in [-0.05, 0) is 28.1 Å². The zero-order valence-corrected chi connectivity index (χ0v) is 8.70. The number of halogens is 1. The molecule has 0 aliphatic rings. The summed E-state index contributed by atoms with van der Waals surface area (Å²) < 4.78 is 2.19. The Kier molecular flexibility index (Phi) is 3.92. The summed E-state index contributed by atoms with van der Waals surface area (Å²) in [5, 5.41) is 0. The predicted molar refractivity (Wildman–Crippen MR) is 56.6 cm³/mol. The van der Waals surface area contributed by atoms with Crippen molar-refractivity contribution in [3.05, 3.63) is 45.3 Å². The van der Waals surface area contributed by atoms with E-state index in [1.165, 1.54) is 0 Å². The summed E-state index contributed by atoms with van der Waals surface area (Å²) in [5.74, 6) is 0. The molecule has 1 rings (SSSR count). The van der Waals surface area contributed by atoms with Crippen LogP contribution in [0.3, 0.4) is 0 Å². The summed E-state index contributed by atoms with van der Waals surface area (Å²) in [4.78, 5) is 11.4. The summed E-state index contributed by atoms with van der Waals surface area (Å²) >= 11 is 3.17. The molecule has 0 aliphatic carbocycles. The minimum atomic E-state index is -0.0239. The predicted octanol–water partition coefficient (Wildman–Crippen LogP) is 1.13. The fraction of sp³-hybridized carbons (Fsp3) is 0.222. The molecule has 0 unspecified atom stereocenters. The van der Waals surface area contributed by atoms with Crippen LogP contribution in [0.1, 0.15) is 0 Å². The number of nitrogens with two attached hydrogens (primary N) is 1. The van der Waals surface area contributed by atoms with Crippen LogP contribution in [0.2, 0.25) is 0 Å². The summed E-state index contributed by atoms with van der Waals surface area (Å²) in [6.07, 6.45) is 5.44. The second-order valence-corrected chi connectivity index (χ2v) is 3.38. The van der Waals surface area contributed by atoms with Gasteiger partial charge in [-0.1, -0.05) is 12.2 Å². The molecule has 1 heterocycles. The Labute approximate surface area is 85.0 Å². The molecule has 1 aromatic heterocycles. The van der Waals surface area contributed by atoms with Crippen LogP contribution < -0.4 is 11.3 Å². The Morgan fingerprint density at radius 1 is 1.54 bits per heavy atom. The minimum absolute atomic E-state index is 0.0239. The molecule has 13 heavy (non-hydrogen) atoms. The van der Waals surface area contributed by atoms with E-state index >= 15 is 0 Å². The molecule has 0 fully saturated rings. The molecule has 0 spiro atoms. The molecule has 2 N–H and O–H groups in total. The molecule has 0 amide bonds. The second-order valence-electron chi connectivity index (χ2n) is 2.52. The van der Waals surface area contributed by atoms with Gasteiger partial charge in [0.05, 0.1) is 4.47 Å². The van der Waals surface area contributed by atoms with Gasteiger partial charge in [-0.3, -0.25) is 4.79 Å². The number of nitrogens with zero attached hydrogens (tertiary/aromatic N) is 1. The number of pyridine rings is 1. The van der Waals surface area contributed by atoms with E-state index < -0.39 is 0 Å².